The molecule has 8 heteroatoms. The Bertz CT molecular complexity index is 1070. The molecule has 0 heterocycles. The molecule has 0 spiro atoms. The number of carboxylic acids is 2. The van der Waals surface area contributed by atoms with Crippen molar-refractivity contribution in [1.29, 1.82) is 0 Å². The summed E-state index contributed by atoms with van der Waals surface area (Å²) in [5.74, 6) is -2.96. The van der Waals surface area contributed by atoms with E-state index in [1.807, 2.05) is 0 Å². The third-order valence-electron chi connectivity index (χ3n) is 4.07. The molecule has 3 aromatic carbocycles. The van der Waals surface area contributed by atoms with E-state index in [4.69, 9.17) is 10.2 Å². The summed E-state index contributed by atoms with van der Waals surface area (Å²) in [7, 11) is 0. The van der Waals surface area contributed by atoms with Gasteiger partial charge in [0.1, 0.15) is 0 Å². The van der Waals surface area contributed by atoms with Crippen molar-refractivity contribution in [2.24, 2.45) is 9.98 Å². The molecule has 0 aliphatic carbocycles. The predicted molar refractivity (Wildman–Crippen MR) is 107 cm³/mol. The largest absolute Gasteiger partial charge is 0.872 e. The number of benzene rings is 3. The first-order chi connectivity index (χ1) is 14.3. The molecule has 3 rings (SSSR count). The third kappa shape index (κ3) is 4.87. The van der Waals surface area contributed by atoms with Crippen molar-refractivity contribution in [3.63, 3.8) is 0 Å². The van der Waals surface area contributed by atoms with Crippen LogP contribution in [-0.4, -0.2) is 34.6 Å². The Hall–Kier alpha value is -4.46. The van der Waals surface area contributed by atoms with Gasteiger partial charge in [-0.15, -0.1) is 11.5 Å². The predicted octanol–water partition coefficient (Wildman–Crippen LogP) is 2.73. The van der Waals surface area contributed by atoms with Crippen LogP contribution in [0.1, 0.15) is 31.8 Å². The number of hydrogen-bond donors (Lipinski definition) is 2. The van der Waals surface area contributed by atoms with Gasteiger partial charge in [-0.3, -0.25) is 9.98 Å². The number of hydrogen-bond acceptors (Lipinski definition) is 6. The zero-order chi connectivity index (χ0) is 21.7. The molecule has 3 aromatic rings. The minimum atomic E-state index is -1.14. The summed E-state index contributed by atoms with van der Waals surface area (Å²) in [4.78, 5) is 30.3. The van der Waals surface area contributed by atoms with Crippen LogP contribution >= 0.6 is 0 Å². The van der Waals surface area contributed by atoms with E-state index in [2.05, 4.69) is 9.98 Å². The maximum Gasteiger partial charge on any atom is 0.335 e. The lowest BCUT2D eigenvalue weighted by Crippen LogP contribution is -2.01. The van der Waals surface area contributed by atoms with E-state index < -0.39 is 11.9 Å². The monoisotopic (exact) mass is 402 g/mol. The summed E-state index contributed by atoms with van der Waals surface area (Å²) in [6, 6.07) is 13.8. The van der Waals surface area contributed by atoms with Crippen LogP contribution < -0.4 is 10.2 Å². The molecule has 0 saturated heterocycles. The van der Waals surface area contributed by atoms with Crippen molar-refractivity contribution in [1.82, 2.24) is 0 Å². The standard InChI is InChI=1S/C22H16N2O6/c25-19-7-1-13(21(27)28)9-15(19)11-23-17-3-5-18(6-4-17)24-12-16-10-14(22(29)30)2-8-20(16)26/h1-12,25-26H,(H,27,28)(H,29,30)/p-2. The number of aliphatic imine (C=N–C) groups is 2. The lowest BCUT2D eigenvalue weighted by molar-refractivity contribution is -0.269. The number of rotatable bonds is 6. The molecule has 0 fully saturated rings. The highest BCUT2D eigenvalue weighted by Gasteiger charge is 2.04. The Labute approximate surface area is 170 Å². The average molecular weight is 402 g/mol. The minimum Gasteiger partial charge on any atom is -0.872 e. The van der Waals surface area contributed by atoms with Gasteiger partial charge in [-0.25, -0.2) is 9.59 Å². The van der Waals surface area contributed by atoms with Gasteiger partial charge in [-0.05, 0) is 59.7 Å². The van der Waals surface area contributed by atoms with Gasteiger partial charge in [0.15, 0.2) is 0 Å². The molecule has 0 radical (unpaired) electrons. The van der Waals surface area contributed by atoms with Gasteiger partial charge in [0, 0.05) is 12.4 Å². The van der Waals surface area contributed by atoms with Crippen LogP contribution in [0.5, 0.6) is 11.5 Å². The first-order valence-corrected chi connectivity index (χ1v) is 8.60. The van der Waals surface area contributed by atoms with Crippen LogP contribution in [0.15, 0.2) is 70.6 Å². The average Bonchev–Trinajstić information content (AvgIpc) is 2.73. The fourth-order valence-corrected chi connectivity index (χ4v) is 2.48. The summed E-state index contributed by atoms with van der Waals surface area (Å²) < 4.78 is 0. The number of nitrogens with zero attached hydrogens (tertiary/aromatic N) is 2. The van der Waals surface area contributed by atoms with E-state index in [0.717, 1.165) is 0 Å². The van der Waals surface area contributed by atoms with Crippen LogP contribution in [0.25, 0.3) is 0 Å². The molecule has 0 amide bonds. The fraction of sp³-hybridized carbons (Fsp3) is 0. The molecular weight excluding hydrogens is 388 g/mol. The topological polar surface area (TPSA) is 145 Å². The normalized spacial score (nSPS) is 11.2. The van der Waals surface area contributed by atoms with Gasteiger partial charge >= 0.3 is 11.9 Å². The second kappa shape index (κ2) is 8.70. The van der Waals surface area contributed by atoms with Gasteiger partial charge in [0.25, 0.3) is 0 Å². The molecule has 0 atom stereocenters. The van der Waals surface area contributed by atoms with Crippen LogP contribution in [-0.2, 0) is 0 Å². The van der Waals surface area contributed by atoms with Gasteiger partial charge in [-0.1, -0.05) is 12.1 Å². The second-order valence-electron chi connectivity index (χ2n) is 6.15. The molecule has 150 valence electrons. The first kappa shape index (κ1) is 20.3. The van der Waals surface area contributed by atoms with Gasteiger partial charge in [-0.2, -0.15) is 0 Å². The van der Waals surface area contributed by atoms with Crippen molar-refractivity contribution < 1.29 is 30.0 Å². The van der Waals surface area contributed by atoms with Gasteiger partial charge < -0.3 is 20.4 Å². The maximum atomic E-state index is 11.8. The Kier molecular flexibility index (Phi) is 5.88. The molecule has 2 N–H and O–H groups in total. The maximum absolute atomic E-state index is 11.8. The first-order valence-electron chi connectivity index (χ1n) is 8.60. The van der Waals surface area contributed by atoms with Crippen molar-refractivity contribution in [3.8, 4) is 11.5 Å². The molecular formula is C22H14N2O6-2. The van der Waals surface area contributed by atoms with E-state index in [1.165, 1.54) is 48.8 Å². The number of carbonyl (C=O) groups is 2. The van der Waals surface area contributed by atoms with Gasteiger partial charge in [0.2, 0.25) is 0 Å². The smallest absolute Gasteiger partial charge is 0.335 e. The summed E-state index contributed by atoms with van der Waals surface area (Å²) in [5, 5.41) is 41.6. The summed E-state index contributed by atoms with van der Waals surface area (Å²) >= 11 is 0. The lowest BCUT2D eigenvalue weighted by atomic mass is 10.1. The zero-order valence-corrected chi connectivity index (χ0v) is 15.4. The Balaban J connectivity index is 1.76. The van der Waals surface area contributed by atoms with Crippen LogP contribution in [0, 0.1) is 0 Å². The quantitative estimate of drug-likeness (QED) is 0.606. The molecule has 0 unspecified atom stereocenters. The molecule has 0 aromatic heterocycles. The SMILES string of the molecule is O=C(O)c1ccc([O-])c(C=Nc2ccc(N=Cc3cc(C(=O)O)ccc3[O-])cc2)c1. The van der Waals surface area contributed by atoms with E-state index in [-0.39, 0.29) is 33.8 Å². The van der Waals surface area contributed by atoms with Gasteiger partial charge in [0.05, 0.1) is 22.5 Å². The van der Waals surface area contributed by atoms with E-state index in [9.17, 15) is 19.8 Å². The lowest BCUT2D eigenvalue weighted by Gasteiger charge is -2.10. The Morgan fingerprint density at radius 1 is 0.667 bits per heavy atom. The van der Waals surface area contributed by atoms with Crippen molar-refractivity contribution in [2.75, 3.05) is 0 Å². The summed E-state index contributed by atoms with van der Waals surface area (Å²) in [6.07, 6.45) is 2.57. The molecule has 0 saturated carbocycles. The highest BCUT2D eigenvalue weighted by atomic mass is 16.4. The van der Waals surface area contributed by atoms with Crippen LogP contribution in [0.2, 0.25) is 0 Å². The number of aromatic carboxylic acids is 2. The van der Waals surface area contributed by atoms with Crippen molar-refractivity contribution in [2.45, 2.75) is 0 Å². The van der Waals surface area contributed by atoms with E-state index in [1.54, 1.807) is 24.3 Å². The second-order valence-corrected chi connectivity index (χ2v) is 6.15. The zero-order valence-electron chi connectivity index (χ0n) is 15.4. The minimum absolute atomic E-state index is 0.00885. The molecule has 0 aliphatic heterocycles. The fourth-order valence-electron chi connectivity index (χ4n) is 2.48. The summed E-state index contributed by atoms with van der Waals surface area (Å²) in [5.41, 5.74) is 1.30. The van der Waals surface area contributed by atoms with E-state index >= 15 is 0 Å². The van der Waals surface area contributed by atoms with Crippen molar-refractivity contribution in [3.05, 3.63) is 82.9 Å². The van der Waals surface area contributed by atoms with Crippen molar-refractivity contribution >= 4 is 35.7 Å². The molecule has 0 aliphatic rings. The van der Waals surface area contributed by atoms with Crippen LogP contribution in [0.3, 0.4) is 0 Å². The Morgan fingerprint density at radius 3 is 1.37 bits per heavy atom. The highest BCUT2D eigenvalue weighted by molar-refractivity contribution is 5.94. The van der Waals surface area contributed by atoms with Crippen LogP contribution in [0.4, 0.5) is 11.4 Å². The third-order valence-corrected chi connectivity index (χ3v) is 4.07. The van der Waals surface area contributed by atoms with E-state index in [0.29, 0.717) is 11.4 Å². The molecule has 0 bridgehead atoms. The molecule has 8 nitrogen and oxygen atoms in total. The Morgan fingerprint density at radius 2 is 1.03 bits per heavy atom. The number of carboxylic acid groups (broad SMARTS) is 2. The molecule has 30 heavy (non-hydrogen) atoms. The highest BCUT2D eigenvalue weighted by Crippen LogP contribution is 2.21. The summed E-state index contributed by atoms with van der Waals surface area (Å²) in [6.45, 7) is 0.